The van der Waals surface area contributed by atoms with Gasteiger partial charge in [-0.05, 0) is 14.6 Å². The van der Waals surface area contributed by atoms with Crippen LogP contribution < -0.4 is 5.90 Å². The molecule has 0 saturated heterocycles. The van der Waals surface area contributed by atoms with Gasteiger partial charge in [-0.25, -0.2) is 9.59 Å². The first-order valence-corrected chi connectivity index (χ1v) is 5.44. The maximum atomic E-state index is 11.2. The number of hydrogen-bond acceptors (Lipinski definition) is 5. The van der Waals surface area contributed by atoms with Crippen molar-refractivity contribution in [1.29, 1.82) is 0 Å². The summed E-state index contributed by atoms with van der Waals surface area (Å²) in [4.78, 5) is 20.9. The standard InChI is InChI=1S/C8H7NO7S/c9-16-17(14,15)4-1-2-5(7(10)11)6(3-4)8(12)13/h1-3H,9H2,(H,10,11)(H,12,13)/q+1. The number of carboxylic acids is 2. The third kappa shape index (κ3) is 2.65. The topological polar surface area (TPSA) is 147 Å². The molecule has 0 bridgehead atoms. The van der Waals surface area contributed by atoms with Crippen molar-refractivity contribution >= 4 is 22.4 Å². The zero-order valence-corrected chi connectivity index (χ0v) is 8.97. The molecule has 0 fully saturated rings. The first kappa shape index (κ1) is 13.3. The highest BCUT2D eigenvalue weighted by Gasteiger charge is 2.36. The van der Waals surface area contributed by atoms with E-state index in [1.54, 1.807) is 0 Å². The van der Waals surface area contributed by atoms with Crippen LogP contribution in [-0.2, 0) is 23.5 Å². The van der Waals surface area contributed by atoms with Crippen molar-refractivity contribution in [1.82, 2.24) is 0 Å². The van der Waals surface area contributed by atoms with E-state index in [1.807, 2.05) is 0 Å². The van der Waals surface area contributed by atoms with Gasteiger partial charge in [0.1, 0.15) is 0 Å². The second-order valence-corrected chi connectivity index (χ2v) is 4.44. The monoisotopic (exact) mass is 261 g/mol. The van der Waals surface area contributed by atoms with Crippen LogP contribution in [0.4, 0.5) is 0 Å². The van der Waals surface area contributed by atoms with Crippen molar-refractivity contribution in [3.05, 3.63) is 29.3 Å². The van der Waals surface area contributed by atoms with Crippen molar-refractivity contribution in [3.63, 3.8) is 0 Å². The molecule has 1 aromatic rings. The molecule has 1 atom stereocenters. The van der Waals surface area contributed by atoms with E-state index in [-0.39, 0.29) is 0 Å². The van der Waals surface area contributed by atoms with Crippen LogP contribution in [0.5, 0.6) is 0 Å². The van der Waals surface area contributed by atoms with Crippen LogP contribution in [-0.4, -0.2) is 22.2 Å². The van der Waals surface area contributed by atoms with Gasteiger partial charge in [0.2, 0.25) is 4.90 Å². The highest BCUT2D eigenvalue weighted by atomic mass is 32.3. The van der Waals surface area contributed by atoms with Crippen LogP contribution in [0, 0.1) is 0 Å². The molecule has 0 saturated carbocycles. The average molecular weight is 261 g/mol. The van der Waals surface area contributed by atoms with Crippen LogP contribution in [0.1, 0.15) is 20.7 Å². The lowest BCUT2D eigenvalue weighted by Crippen LogP contribution is -2.18. The minimum absolute atomic E-state index is 0.534. The lowest BCUT2D eigenvalue weighted by Gasteiger charge is -2.02. The van der Waals surface area contributed by atoms with Crippen molar-refractivity contribution in [3.8, 4) is 0 Å². The third-order valence-corrected chi connectivity index (χ3v) is 2.95. The normalized spacial score (nSPS) is 14.0. The van der Waals surface area contributed by atoms with E-state index in [2.05, 4.69) is 10.2 Å². The molecule has 0 spiro atoms. The number of aromatic carboxylic acids is 2. The molecule has 0 aromatic heterocycles. The second kappa shape index (κ2) is 4.59. The Morgan fingerprint density at radius 2 is 1.71 bits per heavy atom. The van der Waals surface area contributed by atoms with Crippen LogP contribution >= 0.6 is 0 Å². The summed E-state index contributed by atoms with van der Waals surface area (Å²) < 4.78 is 26.0. The average Bonchev–Trinajstić information content (AvgIpc) is 2.28. The summed E-state index contributed by atoms with van der Waals surface area (Å²) in [7, 11) is -4.28. The fourth-order valence-corrected chi connectivity index (χ4v) is 1.71. The number of carbonyl (C=O) groups is 2. The van der Waals surface area contributed by atoms with Crippen LogP contribution in [0.25, 0.3) is 0 Å². The Balaban J connectivity index is 3.44. The summed E-state index contributed by atoms with van der Waals surface area (Å²) in [6.07, 6.45) is 0. The Kier molecular flexibility index (Phi) is 3.58. The molecule has 1 aromatic carbocycles. The molecular weight excluding hydrogens is 254 g/mol. The molecular formula is C8H7NO7S+. The fourth-order valence-electron chi connectivity index (χ4n) is 1.10. The van der Waals surface area contributed by atoms with Gasteiger partial charge in [-0.15, -0.1) is 0 Å². The Bertz CT molecular complexity index is 527. The molecule has 17 heavy (non-hydrogen) atoms. The van der Waals surface area contributed by atoms with Crippen LogP contribution in [0.3, 0.4) is 0 Å². The number of hydrogen-bond donors (Lipinski definition) is 3. The van der Waals surface area contributed by atoms with E-state index in [0.717, 1.165) is 12.1 Å². The second-order valence-electron chi connectivity index (χ2n) is 2.87. The van der Waals surface area contributed by atoms with E-state index in [4.69, 9.17) is 10.2 Å². The molecule has 1 unspecified atom stereocenters. The number of rotatable bonds is 4. The molecule has 0 amide bonds. The SMILES string of the molecule is NO[S+]([O])(=O)c1ccc(C(=O)O)c(C(=O)O)c1. The lowest BCUT2D eigenvalue weighted by atomic mass is 10.1. The van der Waals surface area contributed by atoms with Gasteiger partial charge in [0.25, 0.3) is 0 Å². The van der Waals surface area contributed by atoms with Crippen molar-refractivity contribution in [2.75, 3.05) is 0 Å². The van der Waals surface area contributed by atoms with E-state index in [9.17, 15) is 18.4 Å². The third-order valence-electron chi connectivity index (χ3n) is 1.87. The van der Waals surface area contributed by atoms with Gasteiger partial charge in [0.15, 0.2) is 0 Å². The minimum Gasteiger partial charge on any atom is -0.478 e. The van der Waals surface area contributed by atoms with Gasteiger partial charge in [0, 0.05) is 12.1 Å². The van der Waals surface area contributed by atoms with E-state index < -0.39 is 38.5 Å². The van der Waals surface area contributed by atoms with Gasteiger partial charge in [-0.2, -0.15) is 5.90 Å². The van der Waals surface area contributed by atoms with E-state index >= 15 is 0 Å². The number of benzene rings is 1. The number of carboxylic acid groups (broad SMARTS) is 2. The molecule has 0 heterocycles. The maximum Gasteiger partial charge on any atom is 0.447 e. The van der Waals surface area contributed by atoms with Crippen molar-refractivity contribution in [2.24, 2.45) is 5.90 Å². The molecule has 1 radical (unpaired) electrons. The predicted molar refractivity (Wildman–Crippen MR) is 52.6 cm³/mol. The van der Waals surface area contributed by atoms with E-state index in [0.29, 0.717) is 6.07 Å². The molecule has 0 aliphatic rings. The number of nitrogens with two attached hydrogens (primary N) is 1. The highest BCUT2D eigenvalue weighted by Crippen LogP contribution is 2.21. The summed E-state index contributed by atoms with van der Waals surface area (Å²) in [6.45, 7) is 0. The smallest absolute Gasteiger partial charge is 0.447 e. The Morgan fingerprint density at radius 1 is 1.18 bits per heavy atom. The maximum absolute atomic E-state index is 11.2. The zero-order valence-electron chi connectivity index (χ0n) is 8.15. The quantitative estimate of drug-likeness (QED) is 0.514. The van der Waals surface area contributed by atoms with E-state index in [1.165, 1.54) is 0 Å². The van der Waals surface area contributed by atoms with Gasteiger partial charge in [-0.1, -0.05) is 0 Å². The van der Waals surface area contributed by atoms with Gasteiger partial charge >= 0.3 is 22.4 Å². The molecule has 4 N–H and O–H groups in total. The molecule has 8 nitrogen and oxygen atoms in total. The Labute approximate surface area is 96.0 Å². The summed E-state index contributed by atoms with van der Waals surface area (Å²) >= 11 is 0. The summed E-state index contributed by atoms with van der Waals surface area (Å²) in [6, 6.07) is 2.39. The van der Waals surface area contributed by atoms with Gasteiger partial charge < -0.3 is 10.2 Å². The van der Waals surface area contributed by atoms with Crippen molar-refractivity contribution < 1.29 is 32.8 Å². The summed E-state index contributed by atoms with van der Waals surface area (Å²) in [5.74, 6) is 1.45. The first-order chi connectivity index (χ1) is 7.79. The van der Waals surface area contributed by atoms with Gasteiger partial charge in [0.05, 0.1) is 15.7 Å². The molecule has 0 aliphatic carbocycles. The summed E-state index contributed by atoms with van der Waals surface area (Å²) in [5, 5.41) is 17.4. The zero-order chi connectivity index (χ0) is 13.2. The Hall–Kier alpha value is -1.81. The predicted octanol–water partition coefficient (Wildman–Crippen LogP) is 0.0922. The molecule has 0 aliphatic heterocycles. The molecule has 9 heteroatoms. The highest BCUT2D eigenvalue weighted by molar-refractivity contribution is 7.92. The van der Waals surface area contributed by atoms with Crippen LogP contribution in [0.2, 0.25) is 0 Å². The largest absolute Gasteiger partial charge is 0.478 e. The fraction of sp³-hybridized carbons (Fsp3) is 0. The van der Waals surface area contributed by atoms with Crippen LogP contribution in [0.15, 0.2) is 23.1 Å². The molecule has 91 valence electrons. The lowest BCUT2D eigenvalue weighted by molar-refractivity contribution is 0.0651. The Morgan fingerprint density at radius 3 is 2.12 bits per heavy atom. The summed E-state index contributed by atoms with van der Waals surface area (Å²) in [5.41, 5.74) is -1.20. The minimum atomic E-state index is -4.28. The van der Waals surface area contributed by atoms with Gasteiger partial charge in [-0.3, -0.25) is 0 Å². The van der Waals surface area contributed by atoms with Crippen molar-refractivity contribution in [2.45, 2.75) is 4.90 Å². The first-order valence-electron chi connectivity index (χ1n) is 4.03. The molecule has 1 rings (SSSR count).